The Hall–Kier alpha value is -3.85. The highest BCUT2D eigenvalue weighted by Crippen LogP contribution is 2.50. The van der Waals surface area contributed by atoms with Gasteiger partial charge in [-0.15, -0.1) is 6.58 Å². The molecule has 0 unspecified atom stereocenters. The van der Waals surface area contributed by atoms with Crippen molar-refractivity contribution in [2.45, 2.75) is 25.0 Å². The summed E-state index contributed by atoms with van der Waals surface area (Å²) in [6.07, 6.45) is 7.89. The third-order valence-corrected chi connectivity index (χ3v) is 5.16. The van der Waals surface area contributed by atoms with Crippen molar-refractivity contribution in [3.05, 3.63) is 90.0 Å². The van der Waals surface area contributed by atoms with E-state index in [-0.39, 0.29) is 29.7 Å². The molecule has 4 rings (SSSR count). The molecule has 1 aromatic carbocycles. The first kappa shape index (κ1) is 21.4. The van der Waals surface area contributed by atoms with Crippen molar-refractivity contribution >= 4 is 17.2 Å². The Morgan fingerprint density at radius 1 is 1.34 bits per heavy atom. The fourth-order valence-corrected chi connectivity index (χ4v) is 3.31. The predicted molar refractivity (Wildman–Crippen MR) is 118 cm³/mol. The fourth-order valence-electron chi connectivity index (χ4n) is 3.31. The van der Waals surface area contributed by atoms with Crippen molar-refractivity contribution in [1.82, 2.24) is 20.4 Å². The molecule has 2 heterocycles. The summed E-state index contributed by atoms with van der Waals surface area (Å²) in [5.41, 5.74) is 7.84. The van der Waals surface area contributed by atoms with Crippen LogP contribution in [0.3, 0.4) is 0 Å². The summed E-state index contributed by atoms with van der Waals surface area (Å²) in [5, 5.41) is 15.5. The molecule has 0 saturated heterocycles. The van der Waals surface area contributed by atoms with Crippen LogP contribution in [0.15, 0.2) is 66.0 Å². The Bertz CT molecular complexity index is 1160. The molecule has 0 radical (unpaired) electrons. The van der Waals surface area contributed by atoms with Crippen LogP contribution in [0.4, 0.5) is 10.2 Å². The monoisotopic (exact) mass is 434 g/mol. The van der Waals surface area contributed by atoms with Crippen LogP contribution in [0.1, 0.15) is 35.5 Å². The van der Waals surface area contributed by atoms with E-state index in [1.165, 1.54) is 18.4 Å². The zero-order chi connectivity index (χ0) is 22.6. The van der Waals surface area contributed by atoms with Gasteiger partial charge in [-0.1, -0.05) is 29.4 Å². The van der Waals surface area contributed by atoms with E-state index in [1.54, 1.807) is 36.5 Å². The largest absolute Gasteiger partial charge is 0.383 e. The molecule has 3 aromatic rings. The van der Waals surface area contributed by atoms with Gasteiger partial charge >= 0.3 is 0 Å². The summed E-state index contributed by atoms with van der Waals surface area (Å²) in [7, 11) is 0. The predicted octanol–water partition coefficient (Wildman–Crippen LogP) is 3.58. The minimum absolute atomic E-state index is 0.0131. The standard InChI is InChI=1S/C23H23FN6O2/c1-2-10-31-23(8-9-23)16-14-28-22(29-21(16)26)18(25)12-20(19-7-11-32-30-19)27-13-15-5-3-4-6-17(15)24/h2-7,11-12,14,25,27H,1,8-10,13H2,(H2,26,28,29)/b20-12-,25-18?. The number of benzene rings is 1. The number of hydrogen-bond donors (Lipinski definition) is 3. The summed E-state index contributed by atoms with van der Waals surface area (Å²) >= 11 is 0. The summed E-state index contributed by atoms with van der Waals surface area (Å²) in [4.78, 5) is 8.64. The number of nitrogens with two attached hydrogens (primary N) is 1. The second-order valence-electron chi connectivity index (χ2n) is 7.39. The quantitative estimate of drug-likeness (QED) is 0.329. The average molecular weight is 434 g/mol. The Morgan fingerprint density at radius 3 is 2.81 bits per heavy atom. The normalized spacial score (nSPS) is 14.7. The van der Waals surface area contributed by atoms with E-state index < -0.39 is 5.60 Å². The topological polar surface area (TPSA) is 123 Å². The number of nitrogens with zero attached hydrogens (tertiary/aromatic N) is 3. The molecular weight excluding hydrogens is 411 g/mol. The molecule has 32 heavy (non-hydrogen) atoms. The van der Waals surface area contributed by atoms with E-state index in [2.05, 4.69) is 27.0 Å². The van der Waals surface area contributed by atoms with Crippen LogP contribution in [0.2, 0.25) is 0 Å². The van der Waals surface area contributed by atoms with Gasteiger partial charge in [-0.05, 0) is 25.0 Å². The molecule has 1 saturated carbocycles. The lowest BCUT2D eigenvalue weighted by Gasteiger charge is -2.17. The van der Waals surface area contributed by atoms with Crippen LogP contribution in [0.5, 0.6) is 0 Å². The zero-order valence-electron chi connectivity index (χ0n) is 17.3. The van der Waals surface area contributed by atoms with E-state index in [0.29, 0.717) is 29.1 Å². The molecule has 0 aliphatic heterocycles. The van der Waals surface area contributed by atoms with Crippen molar-refractivity contribution in [2.75, 3.05) is 12.3 Å². The van der Waals surface area contributed by atoms with E-state index in [4.69, 9.17) is 20.4 Å². The van der Waals surface area contributed by atoms with Crippen LogP contribution in [-0.4, -0.2) is 27.4 Å². The van der Waals surface area contributed by atoms with E-state index in [0.717, 1.165) is 12.8 Å². The number of ether oxygens (including phenoxy) is 1. The third-order valence-electron chi connectivity index (χ3n) is 5.16. The van der Waals surface area contributed by atoms with Crippen LogP contribution >= 0.6 is 0 Å². The molecule has 0 atom stereocenters. The summed E-state index contributed by atoms with van der Waals surface area (Å²) in [6, 6.07) is 8.09. The molecule has 8 nitrogen and oxygen atoms in total. The number of hydrogen-bond acceptors (Lipinski definition) is 8. The number of anilines is 1. The van der Waals surface area contributed by atoms with Crippen LogP contribution in [0, 0.1) is 11.2 Å². The first-order valence-corrected chi connectivity index (χ1v) is 10.1. The summed E-state index contributed by atoms with van der Waals surface area (Å²) in [6.45, 7) is 4.28. The maximum Gasteiger partial charge on any atom is 0.179 e. The molecule has 4 N–H and O–H groups in total. The van der Waals surface area contributed by atoms with Crippen molar-refractivity contribution in [3.8, 4) is 0 Å². The summed E-state index contributed by atoms with van der Waals surface area (Å²) < 4.78 is 24.8. The van der Waals surface area contributed by atoms with Gasteiger partial charge in [-0.3, -0.25) is 5.41 Å². The minimum atomic E-state index is -0.470. The van der Waals surface area contributed by atoms with Gasteiger partial charge in [0.15, 0.2) is 5.82 Å². The fraction of sp³-hybridized carbons (Fsp3) is 0.217. The Morgan fingerprint density at radius 2 is 2.16 bits per heavy atom. The number of aromatic nitrogens is 3. The van der Waals surface area contributed by atoms with Crippen molar-refractivity contribution in [3.63, 3.8) is 0 Å². The Labute approximate surface area is 184 Å². The van der Waals surface area contributed by atoms with Gasteiger partial charge in [0.1, 0.15) is 29.3 Å². The lowest BCUT2D eigenvalue weighted by molar-refractivity contribution is 0.0509. The molecule has 0 spiro atoms. The van der Waals surface area contributed by atoms with Crippen LogP contribution < -0.4 is 11.1 Å². The number of allylic oxidation sites excluding steroid dienone is 1. The lowest BCUT2D eigenvalue weighted by atomic mass is 10.1. The van der Waals surface area contributed by atoms with Crippen LogP contribution in [0.25, 0.3) is 5.70 Å². The second kappa shape index (κ2) is 9.11. The Kier molecular flexibility index (Phi) is 6.09. The maximum absolute atomic E-state index is 14.0. The Balaban J connectivity index is 1.55. The van der Waals surface area contributed by atoms with Gasteiger partial charge in [0.25, 0.3) is 0 Å². The van der Waals surface area contributed by atoms with Crippen LogP contribution in [-0.2, 0) is 16.9 Å². The van der Waals surface area contributed by atoms with Gasteiger partial charge in [0.2, 0.25) is 0 Å². The highest BCUT2D eigenvalue weighted by Gasteiger charge is 2.47. The van der Waals surface area contributed by atoms with Gasteiger partial charge in [0.05, 0.1) is 17.9 Å². The molecule has 2 aromatic heterocycles. The molecule has 0 amide bonds. The van der Waals surface area contributed by atoms with Gasteiger partial charge in [-0.2, -0.15) is 0 Å². The highest BCUT2D eigenvalue weighted by atomic mass is 19.1. The molecule has 1 aliphatic carbocycles. The highest BCUT2D eigenvalue weighted by molar-refractivity contribution is 6.07. The van der Waals surface area contributed by atoms with Gasteiger partial charge < -0.3 is 20.3 Å². The molecule has 1 fully saturated rings. The van der Waals surface area contributed by atoms with E-state index in [1.807, 2.05) is 0 Å². The maximum atomic E-state index is 14.0. The number of nitrogens with one attached hydrogen (secondary N) is 2. The van der Waals surface area contributed by atoms with Gasteiger partial charge in [-0.25, -0.2) is 14.4 Å². The van der Waals surface area contributed by atoms with Crippen molar-refractivity contribution in [2.24, 2.45) is 0 Å². The lowest BCUT2D eigenvalue weighted by Crippen LogP contribution is -2.18. The smallest absolute Gasteiger partial charge is 0.179 e. The second-order valence-corrected chi connectivity index (χ2v) is 7.39. The van der Waals surface area contributed by atoms with E-state index >= 15 is 0 Å². The molecular formula is C23H23FN6O2. The first-order valence-electron chi connectivity index (χ1n) is 10.1. The first-order chi connectivity index (χ1) is 15.5. The SMILES string of the molecule is C=CCOC1(c2cnc(C(=N)/C=C(\NCc3ccccc3F)c3ccon3)nc2N)CC1. The van der Waals surface area contributed by atoms with Crippen molar-refractivity contribution < 1.29 is 13.7 Å². The molecule has 164 valence electrons. The number of rotatable bonds is 10. The van der Waals surface area contributed by atoms with Crippen molar-refractivity contribution in [1.29, 1.82) is 5.41 Å². The van der Waals surface area contributed by atoms with E-state index in [9.17, 15) is 4.39 Å². The molecule has 9 heteroatoms. The molecule has 0 bridgehead atoms. The molecule has 1 aliphatic rings. The number of halogens is 1. The summed E-state index contributed by atoms with van der Waals surface area (Å²) in [5.74, 6) is 0.102. The average Bonchev–Trinajstić information content (AvgIpc) is 3.37. The zero-order valence-corrected chi connectivity index (χ0v) is 17.3. The van der Waals surface area contributed by atoms with Gasteiger partial charge in [0, 0.05) is 29.9 Å². The minimum Gasteiger partial charge on any atom is -0.383 e. The third kappa shape index (κ3) is 4.57. The number of nitrogen functional groups attached to an aromatic ring is 1.